The largest absolute Gasteiger partial charge is 0.269 e. The number of nitrogens with two attached hydrogens (primary N) is 1. The van der Waals surface area contributed by atoms with Crippen molar-refractivity contribution < 1.29 is 0 Å². The van der Waals surface area contributed by atoms with Crippen LogP contribution in [0.1, 0.15) is 123 Å². The van der Waals surface area contributed by atoms with Crippen LogP contribution in [0.15, 0.2) is 0 Å². The molecule has 0 aromatic rings. The van der Waals surface area contributed by atoms with E-state index >= 15 is 0 Å². The van der Waals surface area contributed by atoms with Gasteiger partial charge in [-0.1, -0.05) is 110 Å². The number of unbranched alkanes of at least 4 members (excludes halogenated alkanes) is 15. The molecule has 23 heavy (non-hydrogen) atoms. The highest BCUT2D eigenvalue weighted by molar-refractivity contribution is 4.53. The minimum Gasteiger partial charge on any atom is -0.269 e. The summed E-state index contributed by atoms with van der Waals surface area (Å²) < 4.78 is 0. The van der Waals surface area contributed by atoms with Gasteiger partial charge in [0.25, 0.3) is 0 Å². The third-order valence-electron chi connectivity index (χ3n) is 4.85. The van der Waals surface area contributed by atoms with E-state index in [2.05, 4.69) is 18.9 Å². The number of nitrogens with zero attached hydrogens (tertiary/aromatic N) is 1. The van der Waals surface area contributed by atoms with E-state index in [0.717, 1.165) is 13.1 Å². The van der Waals surface area contributed by atoms with Crippen molar-refractivity contribution >= 4 is 0 Å². The molecule has 140 valence electrons. The summed E-state index contributed by atoms with van der Waals surface area (Å²) in [5.41, 5.74) is 0. The van der Waals surface area contributed by atoms with E-state index in [1.165, 1.54) is 109 Å². The van der Waals surface area contributed by atoms with Gasteiger partial charge in [0.05, 0.1) is 0 Å². The van der Waals surface area contributed by atoms with Gasteiger partial charge in [0.15, 0.2) is 0 Å². The summed E-state index contributed by atoms with van der Waals surface area (Å²) in [6.45, 7) is 6.74. The van der Waals surface area contributed by atoms with Crippen LogP contribution >= 0.6 is 0 Å². The Morgan fingerprint density at radius 3 is 1.00 bits per heavy atom. The molecule has 0 rings (SSSR count). The molecule has 0 atom stereocenters. The minimum atomic E-state index is 1.09. The zero-order valence-electron chi connectivity index (χ0n) is 16.5. The number of rotatable bonds is 19. The van der Waals surface area contributed by atoms with Gasteiger partial charge >= 0.3 is 0 Å². The lowest BCUT2D eigenvalue weighted by molar-refractivity contribution is 0.268. The Hall–Kier alpha value is -0.0800. The second-order valence-corrected chi connectivity index (χ2v) is 7.34. The number of hydrogen-bond donors (Lipinski definition) is 1. The smallest absolute Gasteiger partial charge is 0.0128 e. The monoisotopic (exact) mass is 326 g/mol. The molecule has 0 aromatic carbocycles. The topological polar surface area (TPSA) is 29.3 Å². The van der Waals surface area contributed by atoms with Crippen molar-refractivity contribution in [2.75, 3.05) is 13.1 Å². The molecule has 0 aromatic heterocycles. The fourth-order valence-electron chi connectivity index (χ4n) is 3.19. The highest BCUT2D eigenvalue weighted by Gasteiger charge is 1.99. The predicted molar refractivity (Wildman–Crippen MR) is 106 cm³/mol. The van der Waals surface area contributed by atoms with E-state index in [0.29, 0.717) is 0 Å². The lowest BCUT2D eigenvalue weighted by Gasteiger charge is -2.15. The summed E-state index contributed by atoms with van der Waals surface area (Å²) in [4.78, 5) is 0. The van der Waals surface area contributed by atoms with E-state index in [4.69, 9.17) is 5.84 Å². The molecule has 2 nitrogen and oxygen atoms in total. The fourth-order valence-corrected chi connectivity index (χ4v) is 3.19. The molecule has 0 saturated carbocycles. The van der Waals surface area contributed by atoms with Crippen LogP contribution in [0.3, 0.4) is 0 Å². The zero-order chi connectivity index (χ0) is 17.0. The van der Waals surface area contributed by atoms with Crippen LogP contribution in [-0.2, 0) is 0 Å². The van der Waals surface area contributed by atoms with Crippen LogP contribution in [0.4, 0.5) is 0 Å². The highest BCUT2D eigenvalue weighted by Crippen LogP contribution is 2.10. The molecule has 0 amide bonds. The highest BCUT2D eigenvalue weighted by atomic mass is 15.4. The van der Waals surface area contributed by atoms with Gasteiger partial charge in [-0.15, -0.1) is 0 Å². The van der Waals surface area contributed by atoms with Gasteiger partial charge in [-0.2, -0.15) is 0 Å². The maximum Gasteiger partial charge on any atom is 0.0128 e. The average Bonchev–Trinajstić information content (AvgIpc) is 2.56. The second-order valence-electron chi connectivity index (χ2n) is 7.34. The first-order chi connectivity index (χ1) is 11.3. The summed E-state index contributed by atoms with van der Waals surface area (Å²) in [5.74, 6) is 6.08. The van der Waals surface area contributed by atoms with Gasteiger partial charge in [-0.05, 0) is 12.8 Å². The van der Waals surface area contributed by atoms with Gasteiger partial charge in [0, 0.05) is 13.1 Å². The summed E-state index contributed by atoms with van der Waals surface area (Å²) in [7, 11) is 0. The van der Waals surface area contributed by atoms with Crippen molar-refractivity contribution in [2.45, 2.75) is 123 Å². The first-order valence-corrected chi connectivity index (χ1v) is 10.8. The van der Waals surface area contributed by atoms with Crippen molar-refractivity contribution in [1.29, 1.82) is 0 Å². The van der Waals surface area contributed by atoms with Crippen LogP contribution in [0, 0.1) is 0 Å². The van der Waals surface area contributed by atoms with Crippen molar-refractivity contribution in [3.05, 3.63) is 0 Å². The molecular weight excluding hydrogens is 280 g/mol. The fraction of sp³-hybridized carbons (Fsp3) is 1.00. The Morgan fingerprint density at radius 1 is 0.435 bits per heavy atom. The standard InChI is InChI=1S/C21H46N2/c1-3-5-7-9-11-13-15-17-19-21-23(22)20-18-16-14-12-10-8-6-4-2/h3-22H2,1-2H3. The van der Waals surface area contributed by atoms with E-state index < -0.39 is 0 Å². The molecular formula is C21H46N2. The molecule has 0 radical (unpaired) electrons. The second kappa shape index (κ2) is 20.0. The van der Waals surface area contributed by atoms with Crippen molar-refractivity contribution in [3.63, 3.8) is 0 Å². The predicted octanol–water partition coefficient (Wildman–Crippen LogP) is 6.83. The van der Waals surface area contributed by atoms with E-state index in [1.807, 2.05) is 0 Å². The minimum absolute atomic E-state index is 1.09. The van der Waals surface area contributed by atoms with Crippen LogP contribution < -0.4 is 5.84 Å². The summed E-state index contributed by atoms with van der Waals surface area (Å²) in [5, 5.41) is 2.05. The van der Waals surface area contributed by atoms with Crippen molar-refractivity contribution in [2.24, 2.45) is 5.84 Å². The molecule has 0 bridgehead atoms. The van der Waals surface area contributed by atoms with Crippen molar-refractivity contribution in [3.8, 4) is 0 Å². The Morgan fingerprint density at radius 2 is 0.696 bits per heavy atom. The molecule has 2 N–H and O–H groups in total. The number of hydrogen-bond acceptors (Lipinski definition) is 2. The molecule has 0 unspecified atom stereocenters. The van der Waals surface area contributed by atoms with Crippen LogP contribution in [-0.4, -0.2) is 18.1 Å². The molecule has 0 fully saturated rings. The van der Waals surface area contributed by atoms with Crippen LogP contribution in [0.25, 0.3) is 0 Å². The molecule has 0 aliphatic carbocycles. The SMILES string of the molecule is CCCCCCCCCCCN(N)CCCCCCCCCC. The third kappa shape index (κ3) is 19.9. The third-order valence-corrected chi connectivity index (χ3v) is 4.85. The van der Waals surface area contributed by atoms with E-state index in [9.17, 15) is 0 Å². The Labute approximate surface area is 147 Å². The lowest BCUT2D eigenvalue weighted by atomic mass is 10.1. The lowest BCUT2D eigenvalue weighted by Crippen LogP contribution is -2.32. The van der Waals surface area contributed by atoms with Crippen LogP contribution in [0.2, 0.25) is 0 Å². The summed E-state index contributed by atoms with van der Waals surface area (Å²) in [6, 6.07) is 0. The quantitative estimate of drug-likeness (QED) is 0.160. The van der Waals surface area contributed by atoms with Gasteiger partial charge in [0.1, 0.15) is 0 Å². The molecule has 0 aliphatic heterocycles. The van der Waals surface area contributed by atoms with Crippen LogP contribution in [0.5, 0.6) is 0 Å². The maximum absolute atomic E-state index is 6.08. The van der Waals surface area contributed by atoms with Gasteiger partial charge in [-0.3, -0.25) is 5.84 Å². The van der Waals surface area contributed by atoms with Crippen molar-refractivity contribution in [1.82, 2.24) is 5.01 Å². The summed E-state index contributed by atoms with van der Waals surface area (Å²) >= 11 is 0. The maximum atomic E-state index is 6.08. The Bertz CT molecular complexity index is 206. The molecule has 0 spiro atoms. The molecule has 2 heteroatoms. The Kier molecular flexibility index (Phi) is 19.9. The normalized spacial score (nSPS) is 11.5. The van der Waals surface area contributed by atoms with Gasteiger partial charge in [0.2, 0.25) is 0 Å². The number of hydrazine groups is 1. The molecule has 0 saturated heterocycles. The first-order valence-electron chi connectivity index (χ1n) is 10.8. The Balaban J connectivity index is 3.11. The van der Waals surface area contributed by atoms with Gasteiger partial charge in [-0.25, -0.2) is 5.01 Å². The zero-order valence-corrected chi connectivity index (χ0v) is 16.5. The molecule has 0 heterocycles. The summed E-state index contributed by atoms with van der Waals surface area (Å²) in [6.07, 6.45) is 23.6. The van der Waals surface area contributed by atoms with Gasteiger partial charge < -0.3 is 0 Å². The van der Waals surface area contributed by atoms with E-state index in [-0.39, 0.29) is 0 Å². The first kappa shape index (κ1) is 22.9. The average molecular weight is 327 g/mol. The molecule has 0 aliphatic rings. The van der Waals surface area contributed by atoms with E-state index in [1.54, 1.807) is 0 Å².